The molecule has 0 aliphatic rings. The zero-order valence-electron chi connectivity index (χ0n) is 9.80. The number of rotatable bonds is 4. The van der Waals surface area contributed by atoms with E-state index in [2.05, 4.69) is 19.9 Å². The van der Waals surface area contributed by atoms with E-state index in [1.54, 1.807) is 0 Å². The lowest BCUT2D eigenvalue weighted by Crippen LogP contribution is -2.38. The number of hydrazine groups is 1. The van der Waals surface area contributed by atoms with Crippen LogP contribution in [0.1, 0.15) is 0 Å². The lowest BCUT2D eigenvalue weighted by molar-refractivity contribution is 0.511. The fraction of sp³-hybridized carbons (Fsp3) is 0.200. The molecule has 8 heteroatoms. The summed E-state index contributed by atoms with van der Waals surface area (Å²) < 4.78 is 23.9. The van der Waals surface area contributed by atoms with E-state index in [4.69, 9.17) is 13.1 Å². The first kappa shape index (κ1) is 13.9. The van der Waals surface area contributed by atoms with Crippen molar-refractivity contribution in [3.63, 3.8) is 0 Å². The van der Waals surface area contributed by atoms with Crippen LogP contribution in [-0.4, -0.2) is 26.8 Å². The Bertz CT molecular complexity index is 625. The van der Waals surface area contributed by atoms with Crippen LogP contribution in [0, 0.1) is 13.1 Å². The van der Waals surface area contributed by atoms with Crippen LogP contribution in [0.3, 0.4) is 0 Å². The van der Waals surface area contributed by atoms with Gasteiger partial charge in [-0.1, -0.05) is 12.1 Å². The first-order valence-electron chi connectivity index (χ1n) is 4.75. The van der Waals surface area contributed by atoms with Crippen LogP contribution >= 0.6 is 0 Å². The molecule has 2 N–H and O–H groups in total. The minimum absolute atomic E-state index is 0.166. The van der Waals surface area contributed by atoms with Crippen molar-refractivity contribution in [2.75, 3.05) is 19.5 Å². The largest absolute Gasteiger partial charge is 0.309 e. The Balaban J connectivity index is 2.89. The fourth-order valence-electron chi connectivity index (χ4n) is 1.000. The molecule has 0 amide bonds. The van der Waals surface area contributed by atoms with Crippen LogP contribution in [0.2, 0.25) is 0 Å². The van der Waals surface area contributed by atoms with E-state index in [-0.39, 0.29) is 11.4 Å². The topological polar surface area (TPSA) is 70.2 Å². The van der Waals surface area contributed by atoms with Crippen molar-refractivity contribution in [2.24, 2.45) is 0 Å². The molecule has 0 aliphatic carbocycles. The zero-order chi connectivity index (χ0) is 13.8. The van der Waals surface area contributed by atoms with Crippen molar-refractivity contribution in [3.05, 3.63) is 41.0 Å². The molecule has 0 unspecified atom stereocenters. The molecule has 0 saturated carbocycles. The van der Waals surface area contributed by atoms with Gasteiger partial charge in [-0.25, -0.2) is 0 Å². The molecular formula is C10H11N5O2S. The quantitative estimate of drug-likeness (QED) is 0.640. The SMILES string of the molecule is [C-]#[N+]c1ccc(NNS(=O)(=O)N(C)C)cc1[N+]#[C-]. The molecule has 1 aromatic carbocycles. The average Bonchev–Trinajstić information content (AvgIpc) is 2.35. The highest BCUT2D eigenvalue weighted by molar-refractivity contribution is 7.87. The van der Waals surface area contributed by atoms with Gasteiger partial charge in [-0.05, 0) is 6.07 Å². The number of hydrogen-bond acceptors (Lipinski definition) is 3. The smallest absolute Gasteiger partial charge is 0.295 e. The van der Waals surface area contributed by atoms with Gasteiger partial charge in [0.1, 0.15) is 0 Å². The van der Waals surface area contributed by atoms with E-state index in [1.807, 2.05) is 0 Å². The molecule has 1 rings (SSSR count). The van der Waals surface area contributed by atoms with Crippen molar-refractivity contribution in [1.82, 2.24) is 9.14 Å². The van der Waals surface area contributed by atoms with Gasteiger partial charge in [0.05, 0.1) is 13.1 Å². The van der Waals surface area contributed by atoms with Gasteiger partial charge in [0, 0.05) is 19.8 Å². The summed E-state index contributed by atoms with van der Waals surface area (Å²) in [6, 6.07) is 4.37. The van der Waals surface area contributed by atoms with Gasteiger partial charge in [-0.2, -0.15) is 12.7 Å². The number of nitrogens with one attached hydrogen (secondary N) is 2. The third-order valence-electron chi connectivity index (χ3n) is 2.02. The van der Waals surface area contributed by atoms with E-state index in [0.29, 0.717) is 5.69 Å². The molecule has 0 spiro atoms. The molecule has 0 radical (unpaired) electrons. The maximum Gasteiger partial charge on any atom is 0.295 e. The predicted molar refractivity (Wildman–Crippen MR) is 68.3 cm³/mol. The van der Waals surface area contributed by atoms with Gasteiger partial charge < -0.3 is 5.43 Å². The molecule has 0 fully saturated rings. The zero-order valence-corrected chi connectivity index (χ0v) is 10.6. The van der Waals surface area contributed by atoms with Crippen molar-refractivity contribution in [3.8, 4) is 0 Å². The highest BCUT2D eigenvalue weighted by atomic mass is 32.2. The monoisotopic (exact) mass is 265 g/mol. The number of nitrogens with zero attached hydrogens (tertiary/aromatic N) is 3. The summed E-state index contributed by atoms with van der Waals surface area (Å²) in [4.78, 5) is 8.50. The molecule has 7 nitrogen and oxygen atoms in total. The summed E-state index contributed by atoms with van der Waals surface area (Å²) in [5.74, 6) is 0. The Hall–Kier alpha value is -2.13. The van der Waals surface area contributed by atoms with Crippen molar-refractivity contribution < 1.29 is 8.42 Å². The summed E-state index contributed by atoms with van der Waals surface area (Å²) in [6.07, 6.45) is 0. The second-order valence-corrected chi connectivity index (χ2v) is 5.33. The molecule has 0 saturated heterocycles. The summed E-state index contributed by atoms with van der Waals surface area (Å²) in [5, 5.41) is 0. The molecule has 94 valence electrons. The summed E-state index contributed by atoms with van der Waals surface area (Å²) >= 11 is 0. The number of benzene rings is 1. The molecule has 18 heavy (non-hydrogen) atoms. The summed E-state index contributed by atoms with van der Waals surface area (Å²) in [6.45, 7) is 13.8. The lowest BCUT2D eigenvalue weighted by atomic mass is 10.2. The maximum atomic E-state index is 11.4. The van der Waals surface area contributed by atoms with Crippen LogP contribution in [0.5, 0.6) is 0 Å². The fourth-order valence-corrected chi connectivity index (χ4v) is 1.43. The van der Waals surface area contributed by atoms with Crippen molar-refractivity contribution >= 4 is 27.3 Å². The molecular weight excluding hydrogens is 254 g/mol. The standard InChI is InChI=1S/C10H11N5O2S/c1-11-9-6-5-8(7-10(9)12-2)13-14-18(16,17)15(3)4/h5-7,13-14H,3-4H3. The first-order valence-corrected chi connectivity index (χ1v) is 6.19. The maximum absolute atomic E-state index is 11.4. The summed E-state index contributed by atoms with van der Waals surface area (Å²) in [7, 11) is -0.826. The molecule has 0 heterocycles. The normalized spacial score (nSPS) is 10.7. The second-order valence-electron chi connectivity index (χ2n) is 3.44. The van der Waals surface area contributed by atoms with Gasteiger partial charge in [0.2, 0.25) is 0 Å². The van der Waals surface area contributed by atoms with E-state index in [0.717, 1.165) is 4.31 Å². The van der Waals surface area contributed by atoms with Crippen molar-refractivity contribution in [2.45, 2.75) is 0 Å². The van der Waals surface area contributed by atoms with Crippen molar-refractivity contribution in [1.29, 1.82) is 0 Å². The highest BCUT2D eigenvalue weighted by Crippen LogP contribution is 2.30. The van der Waals surface area contributed by atoms with E-state index in [9.17, 15) is 8.42 Å². The van der Waals surface area contributed by atoms with Gasteiger partial charge in [-0.3, -0.25) is 9.69 Å². The Morgan fingerprint density at radius 2 is 1.78 bits per heavy atom. The van der Waals surface area contributed by atoms with Gasteiger partial charge >= 0.3 is 0 Å². The molecule has 0 aliphatic heterocycles. The predicted octanol–water partition coefficient (Wildman–Crippen LogP) is 1.51. The van der Waals surface area contributed by atoms with Gasteiger partial charge in [0.15, 0.2) is 11.4 Å². The van der Waals surface area contributed by atoms with E-state index < -0.39 is 10.2 Å². The number of hydrogen-bond donors (Lipinski definition) is 2. The average molecular weight is 265 g/mol. The van der Waals surface area contributed by atoms with Crippen LogP contribution in [0.15, 0.2) is 18.2 Å². The number of anilines is 1. The van der Waals surface area contributed by atoms with Crippen LogP contribution in [0.25, 0.3) is 9.69 Å². The van der Waals surface area contributed by atoms with Crippen LogP contribution in [0.4, 0.5) is 17.1 Å². The highest BCUT2D eigenvalue weighted by Gasteiger charge is 2.12. The molecule has 1 aromatic rings. The minimum Gasteiger partial charge on any atom is -0.309 e. The van der Waals surface area contributed by atoms with Crippen LogP contribution < -0.4 is 10.3 Å². The summed E-state index contributed by atoms with van der Waals surface area (Å²) in [5.41, 5.74) is 3.25. The van der Waals surface area contributed by atoms with E-state index in [1.165, 1.54) is 32.3 Å². The van der Waals surface area contributed by atoms with Crippen LogP contribution in [-0.2, 0) is 10.2 Å². The second kappa shape index (κ2) is 5.47. The molecule has 0 atom stereocenters. The third kappa shape index (κ3) is 3.18. The Morgan fingerprint density at radius 1 is 1.17 bits per heavy atom. The third-order valence-corrected chi connectivity index (χ3v) is 3.34. The van der Waals surface area contributed by atoms with E-state index >= 15 is 0 Å². The first-order chi connectivity index (χ1) is 8.40. The molecule has 0 aromatic heterocycles. The lowest BCUT2D eigenvalue weighted by Gasteiger charge is -2.14. The van der Waals surface area contributed by atoms with Gasteiger partial charge in [-0.15, -0.1) is 4.83 Å². The Labute approximate surface area is 106 Å². The Kier molecular flexibility index (Phi) is 4.23. The minimum atomic E-state index is -3.60. The van der Waals surface area contributed by atoms with Gasteiger partial charge in [0.25, 0.3) is 10.2 Å². The Morgan fingerprint density at radius 3 is 2.28 bits per heavy atom. The molecule has 0 bridgehead atoms.